The van der Waals surface area contributed by atoms with Crippen molar-refractivity contribution in [3.63, 3.8) is 0 Å². The molecule has 3 aromatic rings. The van der Waals surface area contributed by atoms with Gasteiger partial charge in [-0.05, 0) is 84.0 Å². The molecule has 0 saturated carbocycles. The Balaban J connectivity index is 1.63. The molecule has 3 rings (SSSR count). The fourth-order valence-corrected chi connectivity index (χ4v) is 4.35. The van der Waals surface area contributed by atoms with Gasteiger partial charge in [-0.1, -0.05) is 87.0 Å². The number of benzene rings is 3. The molecular formula is C32H38O3. The third-order valence-corrected chi connectivity index (χ3v) is 6.54. The van der Waals surface area contributed by atoms with Gasteiger partial charge in [0.25, 0.3) is 0 Å². The van der Waals surface area contributed by atoms with E-state index in [-0.39, 0.29) is 12.2 Å². The lowest BCUT2D eigenvalue weighted by Crippen LogP contribution is -2.11. The molecule has 0 aromatic heterocycles. The van der Waals surface area contributed by atoms with E-state index in [4.69, 9.17) is 9.84 Å². The van der Waals surface area contributed by atoms with Crippen LogP contribution in [0.2, 0.25) is 0 Å². The minimum absolute atomic E-state index is 0.0892. The molecule has 184 valence electrons. The Morgan fingerprint density at radius 1 is 0.829 bits per heavy atom. The molecule has 1 N–H and O–H groups in total. The molecule has 0 bridgehead atoms. The maximum Gasteiger partial charge on any atom is 0.335 e. The van der Waals surface area contributed by atoms with E-state index in [1.165, 1.54) is 63.8 Å². The van der Waals surface area contributed by atoms with Crippen LogP contribution in [0.15, 0.2) is 72.8 Å². The number of ether oxygens (including phenoxy) is 1. The largest absolute Gasteiger partial charge is 0.462 e. The molecule has 0 unspecified atom stereocenters. The molecule has 0 amide bonds. The van der Waals surface area contributed by atoms with Crippen molar-refractivity contribution in [1.82, 2.24) is 0 Å². The number of aliphatic hydroxyl groups excluding tert-OH is 1. The zero-order chi connectivity index (χ0) is 25.2. The van der Waals surface area contributed by atoms with Crippen molar-refractivity contribution >= 4 is 5.97 Å². The van der Waals surface area contributed by atoms with Gasteiger partial charge in [-0.3, -0.25) is 0 Å². The van der Waals surface area contributed by atoms with Gasteiger partial charge < -0.3 is 9.84 Å². The van der Waals surface area contributed by atoms with E-state index in [0.717, 1.165) is 19.3 Å². The number of hydrogen-bond donors (Lipinski definition) is 1. The highest BCUT2D eigenvalue weighted by atomic mass is 16.5. The Morgan fingerprint density at radius 3 is 2.17 bits per heavy atom. The fourth-order valence-electron chi connectivity index (χ4n) is 4.35. The SMILES string of the molecule is C=C(CO)C(=O)OCCCc1ccc(-c2ccc(-c3ccc(CCCCC)cc3)cc2C)cc1C. The first-order chi connectivity index (χ1) is 16.9. The average Bonchev–Trinajstić information content (AvgIpc) is 2.87. The van der Waals surface area contributed by atoms with Crippen LogP contribution in [0, 0.1) is 13.8 Å². The predicted molar refractivity (Wildman–Crippen MR) is 146 cm³/mol. The van der Waals surface area contributed by atoms with Gasteiger partial charge in [0, 0.05) is 0 Å². The van der Waals surface area contributed by atoms with Crippen LogP contribution in [-0.2, 0) is 22.4 Å². The number of carbonyl (C=O) groups is 1. The third kappa shape index (κ3) is 7.40. The summed E-state index contributed by atoms with van der Waals surface area (Å²) in [5.41, 5.74) is 10.2. The van der Waals surface area contributed by atoms with Gasteiger partial charge in [0.05, 0.1) is 18.8 Å². The molecule has 3 aromatic carbocycles. The van der Waals surface area contributed by atoms with Crippen LogP contribution in [-0.4, -0.2) is 24.3 Å². The summed E-state index contributed by atoms with van der Waals surface area (Å²) in [6, 6.07) is 22.3. The third-order valence-electron chi connectivity index (χ3n) is 6.54. The standard InChI is InChI=1S/C32H38O3/c1-5-6-7-9-26-11-13-28(14-12-26)29-17-18-31(24(3)21-29)30-16-15-27(23(2)20-30)10-8-19-35-32(34)25(4)22-33/h11-18,20-21,33H,4-10,19,22H2,1-3H3. The van der Waals surface area contributed by atoms with Crippen LogP contribution in [0.3, 0.4) is 0 Å². The first-order valence-electron chi connectivity index (χ1n) is 12.7. The number of aryl methyl sites for hydroxylation is 4. The van der Waals surface area contributed by atoms with Crippen LogP contribution in [0.5, 0.6) is 0 Å². The van der Waals surface area contributed by atoms with Crippen molar-refractivity contribution in [2.45, 2.75) is 59.3 Å². The molecule has 0 aliphatic carbocycles. The number of hydrogen-bond acceptors (Lipinski definition) is 3. The second kappa shape index (κ2) is 13.1. The van der Waals surface area contributed by atoms with Crippen LogP contribution in [0.4, 0.5) is 0 Å². The first-order valence-corrected chi connectivity index (χ1v) is 12.7. The van der Waals surface area contributed by atoms with Crippen molar-refractivity contribution < 1.29 is 14.6 Å². The highest BCUT2D eigenvalue weighted by Crippen LogP contribution is 2.30. The van der Waals surface area contributed by atoms with Crippen molar-refractivity contribution in [3.8, 4) is 22.3 Å². The Labute approximate surface area is 210 Å². The van der Waals surface area contributed by atoms with E-state index in [2.05, 4.69) is 88.0 Å². The first kappa shape index (κ1) is 26.4. The normalized spacial score (nSPS) is 10.9. The summed E-state index contributed by atoms with van der Waals surface area (Å²) in [5, 5.41) is 8.93. The summed E-state index contributed by atoms with van der Waals surface area (Å²) in [6.07, 6.45) is 6.53. The molecule has 0 spiro atoms. The topological polar surface area (TPSA) is 46.5 Å². The summed E-state index contributed by atoms with van der Waals surface area (Å²) in [4.78, 5) is 11.6. The van der Waals surface area contributed by atoms with Crippen molar-refractivity contribution in [2.24, 2.45) is 0 Å². The van der Waals surface area contributed by atoms with E-state index >= 15 is 0 Å². The van der Waals surface area contributed by atoms with Crippen molar-refractivity contribution in [3.05, 3.63) is 95.1 Å². The van der Waals surface area contributed by atoms with E-state index in [1.54, 1.807) is 0 Å². The van der Waals surface area contributed by atoms with Crippen LogP contribution in [0.25, 0.3) is 22.3 Å². The maximum atomic E-state index is 11.6. The number of aliphatic hydroxyl groups is 1. The lowest BCUT2D eigenvalue weighted by Gasteiger charge is -2.13. The van der Waals surface area contributed by atoms with Gasteiger partial charge >= 0.3 is 5.97 Å². The Hall–Kier alpha value is -3.17. The van der Waals surface area contributed by atoms with Crippen molar-refractivity contribution in [1.29, 1.82) is 0 Å². The number of carbonyl (C=O) groups excluding carboxylic acids is 1. The molecule has 35 heavy (non-hydrogen) atoms. The zero-order valence-corrected chi connectivity index (χ0v) is 21.4. The van der Waals surface area contributed by atoms with Gasteiger partial charge in [-0.2, -0.15) is 0 Å². The summed E-state index contributed by atoms with van der Waals surface area (Å²) < 4.78 is 5.14. The van der Waals surface area contributed by atoms with Gasteiger partial charge in [0.2, 0.25) is 0 Å². The van der Waals surface area contributed by atoms with Gasteiger partial charge in [-0.15, -0.1) is 0 Å². The van der Waals surface area contributed by atoms with E-state index in [1.807, 2.05) is 0 Å². The molecule has 0 saturated heterocycles. The molecule has 0 fully saturated rings. The molecular weight excluding hydrogens is 432 g/mol. The Morgan fingerprint density at radius 2 is 1.51 bits per heavy atom. The van der Waals surface area contributed by atoms with Crippen LogP contribution in [0.1, 0.15) is 54.9 Å². The van der Waals surface area contributed by atoms with E-state index < -0.39 is 5.97 Å². The summed E-state index contributed by atoms with van der Waals surface area (Å²) in [5.74, 6) is -0.526. The van der Waals surface area contributed by atoms with Crippen molar-refractivity contribution in [2.75, 3.05) is 13.2 Å². The minimum atomic E-state index is -0.526. The summed E-state index contributed by atoms with van der Waals surface area (Å²) >= 11 is 0. The van der Waals surface area contributed by atoms with Crippen LogP contribution >= 0.6 is 0 Å². The van der Waals surface area contributed by atoms with Gasteiger partial charge in [-0.25, -0.2) is 4.79 Å². The van der Waals surface area contributed by atoms with Gasteiger partial charge in [0.15, 0.2) is 0 Å². The second-order valence-corrected chi connectivity index (χ2v) is 9.33. The minimum Gasteiger partial charge on any atom is -0.462 e. The monoisotopic (exact) mass is 470 g/mol. The second-order valence-electron chi connectivity index (χ2n) is 9.33. The van der Waals surface area contributed by atoms with E-state index in [0.29, 0.717) is 6.61 Å². The molecule has 0 aliphatic rings. The summed E-state index contributed by atoms with van der Waals surface area (Å²) in [7, 11) is 0. The fraction of sp³-hybridized carbons (Fsp3) is 0.344. The molecule has 3 heteroatoms. The highest BCUT2D eigenvalue weighted by molar-refractivity contribution is 5.87. The number of esters is 1. The zero-order valence-electron chi connectivity index (χ0n) is 21.4. The average molecular weight is 471 g/mol. The van der Waals surface area contributed by atoms with E-state index in [9.17, 15) is 4.79 Å². The maximum absolute atomic E-state index is 11.6. The Bertz CT molecular complexity index is 1140. The summed E-state index contributed by atoms with van der Waals surface area (Å²) in [6.45, 7) is 9.98. The smallest absolute Gasteiger partial charge is 0.335 e. The van der Waals surface area contributed by atoms with Crippen LogP contribution < -0.4 is 0 Å². The quantitative estimate of drug-likeness (QED) is 0.170. The highest BCUT2D eigenvalue weighted by Gasteiger charge is 2.09. The van der Waals surface area contributed by atoms with Gasteiger partial charge in [0.1, 0.15) is 0 Å². The molecule has 0 radical (unpaired) electrons. The number of rotatable bonds is 12. The molecule has 3 nitrogen and oxygen atoms in total. The molecule has 0 atom stereocenters. The molecule has 0 heterocycles. The molecule has 0 aliphatic heterocycles. The lowest BCUT2D eigenvalue weighted by molar-refractivity contribution is -0.139. The predicted octanol–water partition coefficient (Wildman–Crippen LogP) is 7.39. The number of unbranched alkanes of at least 4 members (excludes halogenated alkanes) is 2. The lowest BCUT2D eigenvalue weighted by atomic mass is 9.92. The Kier molecular flexibility index (Phi) is 9.86.